The summed E-state index contributed by atoms with van der Waals surface area (Å²) in [5.74, 6) is -1.61. The van der Waals surface area contributed by atoms with Gasteiger partial charge in [0.2, 0.25) is 5.82 Å². The fourth-order valence-corrected chi connectivity index (χ4v) is 2.97. The maximum atomic E-state index is 13.3. The molecule has 0 atom stereocenters. The predicted molar refractivity (Wildman–Crippen MR) is 107 cm³/mol. The Hall–Kier alpha value is -3.63. The molecule has 3 rings (SSSR count). The molecule has 31 heavy (non-hydrogen) atoms. The minimum Gasteiger partial charge on any atom is -0.462 e. The van der Waals surface area contributed by atoms with E-state index in [-0.39, 0.29) is 48.5 Å². The van der Waals surface area contributed by atoms with Crippen LogP contribution in [0.3, 0.4) is 0 Å². The second kappa shape index (κ2) is 9.45. The number of pyridine rings is 1. The van der Waals surface area contributed by atoms with Crippen molar-refractivity contribution in [2.24, 2.45) is 0 Å². The summed E-state index contributed by atoms with van der Waals surface area (Å²) < 4.78 is 45.8. The van der Waals surface area contributed by atoms with Crippen molar-refractivity contribution in [3.05, 3.63) is 54.0 Å². The van der Waals surface area contributed by atoms with Crippen LogP contribution in [-0.4, -0.2) is 39.7 Å². The van der Waals surface area contributed by atoms with Crippen LogP contribution in [0.5, 0.6) is 0 Å². The van der Waals surface area contributed by atoms with E-state index in [4.69, 9.17) is 4.74 Å². The summed E-state index contributed by atoms with van der Waals surface area (Å²) in [5, 5.41) is 5.11. The summed E-state index contributed by atoms with van der Waals surface area (Å²) >= 11 is 0. The van der Waals surface area contributed by atoms with Gasteiger partial charge in [-0.1, -0.05) is 12.1 Å². The van der Waals surface area contributed by atoms with Crippen LogP contribution in [0, 0.1) is 0 Å². The van der Waals surface area contributed by atoms with E-state index in [9.17, 15) is 22.8 Å². The number of alkyl halides is 3. The van der Waals surface area contributed by atoms with Gasteiger partial charge in [0, 0.05) is 19.3 Å². The van der Waals surface area contributed by atoms with Gasteiger partial charge in [0.05, 0.1) is 17.9 Å². The Labute approximate surface area is 175 Å². The Morgan fingerprint density at radius 1 is 1.16 bits per heavy atom. The highest BCUT2D eigenvalue weighted by atomic mass is 19.4. The van der Waals surface area contributed by atoms with Crippen LogP contribution in [0.2, 0.25) is 0 Å². The van der Waals surface area contributed by atoms with Crippen molar-refractivity contribution >= 4 is 28.9 Å². The van der Waals surface area contributed by atoms with Gasteiger partial charge in [-0.25, -0.2) is 19.6 Å². The van der Waals surface area contributed by atoms with Crippen molar-refractivity contribution < 1.29 is 27.5 Å². The molecule has 0 radical (unpaired) electrons. The molecule has 0 aliphatic rings. The van der Waals surface area contributed by atoms with Gasteiger partial charge in [0.15, 0.2) is 5.65 Å². The Balaban J connectivity index is 1.60. The Kier molecular flexibility index (Phi) is 6.73. The lowest BCUT2D eigenvalue weighted by molar-refractivity contribution is -0.147. The zero-order chi connectivity index (χ0) is 22.4. The van der Waals surface area contributed by atoms with Crippen molar-refractivity contribution in [1.82, 2.24) is 19.9 Å². The van der Waals surface area contributed by atoms with Crippen LogP contribution in [0.1, 0.15) is 29.5 Å². The van der Waals surface area contributed by atoms with Crippen molar-refractivity contribution in [1.29, 1.82) is 0 Å². The van der Waals surface area contributed by atoms with E-state index in [1.54, 1.807) is 25.1 Å². The summed E-state index contributed by atoms with van der Waals surface area (Å²) in [6.07, 6.45) is -3.02. The zero-order valence-electron chi connectivity index (χ0n) is 16.6. The molecule has 8 nitrogen and oxygen atoms in total. The molecule has 0 unspecified atom stereocenters. The lowest BCUT2D eigenvalue weighted by Crippen LogP contribution is -2.31. The van der Waals surface area contributed by atoms with Crippen molar-refractivity contribution in [2.75, 3.05) is 18.5 Å². The van der Waals surface area contributed by atoms with Crippen LogP contribution in [0.4, 0.5) is 23.7 Å². The number of anilines is 1. The Morgan fingerprint density at radius 2 is 1.94 bits per heavy atom. The van der Waals surface area contributed by atoms with E-state index >= 15 is 0 Å². The molecular weight excluding hydrogens is 415 g/mol. The molecule has 0 saturated heterocycles. The standard InChI is InChI=1S/C20H20F3N5O3/c1-2-31-17(29)13-7-3-4-8-14(13)27-19(30)25-11-6-12-28-16-15(9-5-10-24-16)26-18(28)20(21,22)23/h3-5,7-10H,2,6,11-12H2,1H3,(H2,25,27,30). The molecule has 2 aromatic heterocycles. The summed E-state index contributed by atoms with van der Waals surface area (Å²) in [7, 11) is 0. The molecule has 0 fully saturated rings. The Morgan fingerprint density at radius 3 is 2.68 bits per heavy atom. The number of ether oxygens (including phenoxy) is 1. The lowest BCUT2D eigenvalue weighted by Gasteiger charge is -2.13. The van der Waals surface area contributed by atoms with E-state index < -0.39 is 24.0 Å². The first kappa shape index (κ1) is 22.1. The number of hydrogen-bond donors (Lipinski definition) is 2. The van der Waals surface area contributed by atoms with Crippen LogP contribution >= 0.6 is 0 Å². The van der Waals surface area contributed by atoms with E-state index in [0.29, 0.717) is 0 Å². The third-order valence-corrected chi connectivity index (χ3v) is 4.27. The predicted octanol–water partition coefficient (Wildman–Crippen LogP) is 3.84. The molecule has 11 heteroatoms. The third-order valence-electron chi connectivity index (χ3n) is 4.27. The highest BCUT2D eigenvalue weighted by molar-refractivity contribution is 6.00. The average Bonchev–Trinajstić information content (AvgIpc) is 3.11. The number of esters is 1. The van der Waals surface area contributed by atoms with Gasteiger partial charge in [0.1, 0.15) is 5.52 Å². The minimum atomic E-state index is -4.62. The zero-order valence-corrected chi connectivity index (χ0v) is 16.6. The van der Waals surface area contributed by atoms with E-state index in [1.165, 1.54) is 24.4 Å². The number of halogens is 3. The number of imidazole rings is 1. The number of hydrogen-bond acceptors (Lipinski definition) is 5. The minimum absolute atomic E-state index is 0.0396. The number of aryl methyl sites for hydroxylation is 1. The maximum absolute atomic E-state index is 13.3. The first-order chi connectivity index (χ1) is 14.8. The number of urea groups is 1. The number of carbonyl (C=O) groups excluding carboxylic acids is 2. The number of nitrogens with zero attached hydrogens (tertiary/aromatic N) is 3. The summed E-state index contributed by atoms with van der Waals surface area (Å²) in [6.45, 7) is 1.92. The first-order valence-electron chi connectivity index (χ1n) is 9.50. The van der Waals surface area contributed by atoms with Crippen LogP contribution in [-0.2, 0) is 17.5 Å². The molecule has 2 amide bonds. The lowest BCUT2D eigenvalue weighted by atomic mass is 10.2. The normalized spacial score (nSPS) is 11.4. The second-order valence-electron chi connectivity index (χ2n) is 6.43. The van der Waals surface area contributed by atoms with E-state index in [1.807, 2.05) is 0 Å². The monoisotopic (exact) mass is 435 g/mol. The van der Waals surface area contributed by atoms with Gasteiger partial charge in [-0.2, -0.15) is 13.2 Å². The number of fused-ring (bicyclic) bond motifs is 1. The number of rotatable bonds is 7. The Bertz CT molecular complexity index is 1080. The quantitative estimate of drug-likeness (QED) is 0.434. The molecule has 164 valence electrons. The molecule has 0 aliphatic heterocycles. The SMILES string of the molecule is CCOC(=O)c1ccccc1NC(=O)NCCCn1c(C(F)(F)F)nc2cccnc21. The summed E-state index contributed by atoms with van der Waals surface area (Å²) in [5.41, 5.74) is 0.742. The fraction of sp³-hybridized carbons (Fsp3) is 0.300. The molecular formula is C20H20F3N5O3. The highest BCUT2D eigenvalue weighted by Gasteiger charge is 2.37. The van der Waals surface area contributed by atoms with Crippen molar-refractivity contribution in [3.63, 3.8) is 0 Å². The van der Waals surface area contributed by atoms with Gasteiger partial charge >= 0.3 is 18.2 Å². The summed E-state index contributed by atoms with van der Waals surface area (Å²) in [4.78, 5) is 31.7. The van der Waals surface area contributed by atoms with Crippen LogP contribution in [0.25, 0.3) is 11.2 Å². The van der Waals surface area contributed by atoms with Crippen molar-refractivity contribution in [2.45, 2.75) is 26.1 Å². The largest absolute Gasteiger partial charge is 0.462 e. The molecule has 0 bridgehead atoms. The van der Waals surface area contributed by atoms with Gasteiger partial charge < -0.3 is 19.9 Å². The van der Waals surface area contributed by atoms with Crippen molar-refractivity contribution in [3.8, 4) is 0 Å². The fourth-order valence-electron chi connectivity index (χ4n) is 2.97. The van der Waals surface area contributed by atoms with Gasteiger partial charge in [-0.15, -0.1) is 0 Å². The number of aromatic nitrogens is 3. The molecule has 2 heterocycles. The highest BCUT2D eigenvalue weighted by Crippen LogP contribution is 2.30. The van der Waals surface area contributed by atoms with Gasteiger partial charge in [-0.3, -0.25) is 0 Å². The smallest absolute Gasteiger partial charge is 0.449 e. The molecule has 3 aromatic rings. The summed E-state index contributed by atoms with van der Waals surface area (Å²) in [6, 6.07) is 8.72. The third kappa shape index (κ3) is 5.30. The second-order valence-corrected chi connectivity index (χ2v) is 6.43. The number of amides is 2. The van der Waals surface area contributed by atoms with Crippen LogP contribution in [0.15, 0.2) is 42.6 Å². The molecule has 2 N–H and O–H groups in total. The number of carbonyl (C=O) groups is 2. The van der Waals surface area contributed by atoms with Gasteiger partial charge in [-0.05, 0) is 37.6 Å². The molecule has 0 aliphatic carbocycles. The van der Waals surface area contributed by atoms with Crippen LogP contribution < -0.4 is 10.6 Å². The molecule has 1 aromatic carbocycles. The molecule has 0 saturated carbocycles. The van der Waals surface area contributed by atoms with E-state index in [0.717, 1.165) is 4.57 Å². The number of nitrogens with one attached hydrogen (secondary N) is 2. The van der Waals surface area contributed by atoms with Gasteiger partial charge in [0.25, 0.3) is 0 Å². The maximum Gasteiger partial charge on any atom is 0.449 e. The van der Waals surface area contributed by atoms with E-state index in [2.05, 4.69) is 20.6 Å². The average molecular weight is 435 g/mol. The number of benzene rings is 1. The molecule has 0 spiro atoms. The first-order valence-corrected chi connectivity index (χ1v) is 9.50. The number of para-hydroxylation sites is 1. The topological polar surface area (TPSA) is 98.1 Å².